The van der Waals surface area contributed by atoms with Gasteiger partial charge in [0.25, 0.3) is 0 Å². The lowest BCUT2D eigenvalue weighted by Crippen LogP contribution is -2.52. The van der Waals surface area contributed by atoms with E-state index in [9.17, 15) is 9.59 Å². The average Bonchev–Trinajstić information content (AvgIpc) is 1.62. The molecule has 1 rings (SSSR count). The fourth-order valence-electron chi connectivity index (χ4n) is 0.924. The first kappa shape index (κ1) is 6.26. The quantitative estimate of drug-likeness (QED) is 0.371. The highest BCUT2D eigenvalue weighted by Crippen LogP contribution is 2.13. The molecule has 0 spiro atoms. The number of carbonyl (C=O) groups excluding carboxylic acids is 2. The molecule has 1 heterocycles. The molecular weight excluding hydrogens is 118 g/mol. The Kier molecular flexibility index (Phi) is 1.27. The predicted molar refractivity (Wildman–Crippen MR) is 31.6 cm³/mol. The number of imide groups is 1. The number of hydrogen-bond donors (Lipinski definition) is 0. The van der Waals surface area contributed by atoms with Crippen LogP contribution in [0.4, 0.5) is 0 Å². The van der Waals surface area contributed by atoms with Gasteiger partial charge in [0.15, 0.2) is 0 Å². The van der Waals surface area contributed by atoms with Crippen LogP contribution in [0.5, 0.6) is 0 Å². The second-order valence-corrected chi connectivity index (χ2v) is 2.43. The lowest BCUT2D eigenvalue weighted by molar-refractivity contribution is -0.159. The summed E-state index contributed by atoms with van der Waals surface area (Å²) in [5.41, 5.74) is 0. The van der Waals surface area contributed by atoms with E-state index in [-0.39, 0.29) is 24.3 Å². The standard InChI is InChI=1S/C6H9NO2/c1-4(2)7-5(8)3-6(7)9/h4H,3H2,1-2H3. The molecule has 3 heteroatoms. The Labute approximate surface area is 53.6 Å². The van der Waals surface area contributed by atoms with Gasteiger partial charge in [0.2, 0.25) is 11.8 Å². The third-order valence-electron chi connectivity index (χ3n) is 1.36. The average molecular weight is 127 g/mol. The highest BCUT2D eigenvalue weighted by molar-refractivity contribution is 6.15. The minimum atomic E-state index is -0.0463. The number of rotatable bonds is 1. The predicted octanol–water partition coefficient (Wildman–Crippen LogP) is 0.154. The van der Waals surface area contributed by atoms with Crippen molar-refractivity contribution in [2.45, 2.75) is 26.3 Å². The lowest BCUT2D eigenvalue weighted by atomic mass is 10.1. The monoisotopic (exact) mass is 127 g/mol. The molecular formula is C6H9NO2. The van der Waals surface area contributed by atoms with E-state index in [2.05, 4.69) is 0 Å². The highest BCUT2D eigenvalue weighted by Gasteiger charge is 2.35. The maximum absolute atomic E-state index is 10.6. The molecule has 0 aromatic carbocycles. The number of β-lactam (4-membered cyclic amide) rings is 2. The van der Waals surface area contributed by atoms with Crippen molar-refractivity contribution in [1.82, 2.24) is 4.90 Å². The Morgan fingerprint density at radius 2 is 1.78 bits per heavy atom. The van der Waals surface area contributed by atoms with Crippen molar-refractivity contribution in [3.05, 3.63) is 0 Å². The first-order chi connectivity index (χ1) is 4.13. The van der Waals surface area contributed by atoms with Gasteiger partial charge in [-0.2, -0.15) is 0 Å². The molecule has 9 heavy (non-hydrogen) atoms. The minimum absolute atomic E-state index is 0.0405. The maximum Gasteiger partial charge on any atom is 0.238 e. The molecule has 3 nitrogen and oxygen atoms in total. The molecule has 1 saturated heterocycles. The van der Waals surface area contributed by atoms with Crippen LogP contribution in [-0.2, 0) is 9.59 Å². The SMILES string of the molecule is CC(C)N1C(=O)CC1=O. The van der Waals surface area contributed by atoms with Crippen LogP contribution in [0.2, 0.25) is 0 Å². The van der Waals surface area contributed by atoms with Crippen LogP contribution >= 0.6 is 0 Å². The van der Waals surface area contributed by atoms with Gasteiger partial charge in [0.05, 0.1) is 0 Å². The summed E-state index contributed by atoms with van der Waals surface area (Å²) in [6.07, 6.45) is 0.109. The number of amides is 2. The second-order valence-electron chi connectivity index (χ2n) is 2.43. The summed E-state index contributed by atoms with van der Waals surface area (Å²) in [4.78, 5) is 22.5. The smallest absolute Gasteiger partial charge is 0.238 e. The van der Waals surface area contributed by atoms with Crippen LogP contribution in [-0.4, -0.2) is 22.8 Å². The molecule has 1 fully saturated rings. The van der Waals surface area contributed by atoms with E-state index in [4.69, 9.17) is 0 Å². The number of hydrogen-bond acceptors (Lipinski definition) is 2. The molecule has 0 aromatic heterocycles. The van der Waals surface area contributed by atoms with Gasteiger partial charge in [-0.15, -0.1) is 0 Å². The summed E-state index contributed by atoms with van der Waals surface area (Å²) >= 11 is 0. The third-order valence-corrected chi connectivity index (χ3v) is 1.36. The van der Waals surface area contributed by atoms with Crippen LogP contribution in [0.15, 0.2) is 0 Å². The van der Waals surface area contributed by atoms with Crippen LogP contribution < -0.4 is 0 Å². The zero-order chi connectivity index (χ0) is 7.02. The van der Waals surface area contributed by atoms with Gasteiger partial charge in [-0.3, -0.25) is 14.5 Å². The molecule has 0 aromatic rings. The summed E-state index contributed by atoms with van der Waals surface area (Å²) < 4.78 is 0. The molecule has 0 N–H and O–H groups in total. The molecule has 0 aliphatic carbocycles. The topological polar surface area (TPSA) is 37.4 Å². The maximum atomic E-state index is 10.6. The van der Waals surface area contributed by atoms with E-state index in [0.29, 0.717) is 0 Å². The van der Waals surface area contributed by atoms with Gasteiger partial charge in [0, 0.05) is 6.04 Å². The largest absolute Gasteiger partial charge is 0.279 e. The summed E-state index contributed by atoms with van der Waals surface area (Å²) in [6.45, 7) is 3.66. The number of carbonyl (C=O) groups is 2. The molecule has 2 amide bonds. The molecule has 1 aliphatic heterocycles. The normalized spacial score (nSPS) is 18.8. The van der Waals surface area contributed by atoms with Gasteiger partial charge in [-0.05, 0) is 13.8 Å². The van der Waals surface area contributed by atoms with Crippen molar-refractivity contribution in [3.8, 4) is 0 Å². The second kappa shape index (κ2) is 1.83. The van der Waals surface area contributed by atoms with Gasteiger partial charge >= 0.3 is 0 Å². The summed E-state index contributed by atoms with van der Waals surface area (Å²) in [6, 6.07) is 0.0405. The zero-order valence-corrected chi connectivity index (χ0v) is 5.55. The van der Waals surface area contributed by atoms with E-state index in [1.807, 2.05) is 13.8 Å². The van der Waals surface area contributed by atoms with E-state index in [1.165, 1.54) is 4.90 Å². The summed E-state index contributed by atoms with van der Waals surface area (Å²) in [5.74, 6) is -0.0926. The van der Waals surface area contributed by atoms with Crippen LogP contribution in [0.1, 0.15) is 20.3 Å². The van der Waals surface area contributed by atoms with Gasteiger partial charge in [-0.25, -0.2) is 0 Å². The highest BCUT2D eigenvalue weighted by atomic mass is 16.2. The van der Waals surface area contributed by atoms with E-state index < -0.39 is 0 Å². The van der Waals surface area contributed by atoms with Crippen molar-refractivity contribution in [3.63, 3.8) is 0 Å². The van der Waals surface area contributed by atoms with Crippen LogP contribution in [0.25, 0.3) is 0 Å². The first-order valence-electron chi connectivity index (χ1n) is 2.98. The van der Waals surface area contributed by atoms with Crippen molar-refractivity contribution in [1.29, 1.82) is 0 Å². The van der Waals surface area contributed by atoms with Crippen molar-refractivity contribution < 1.29 is 9.59 Å². The van der Waals surface area contributed by atoms with Crippen LogP contribution in [0.3, 0.4) is 0 Å². The molecule has 0 bridgehead atoms. The third kappa shape index (κ3) is 0.823. The lowest BCUT2D eigenvalue weighted by Gasteiger charge is -2.31. The molecule has 50 valence electrons. The van der Waals surface area contributed by atoms with E-state index >= 15 is 0 Å². The molecule has 0 saturated carbocycles. The fraction of sp³-hybridized carbons (Fsp3) is 0.667. The van der Waals surface area contributed by atoms with Gasteiger partial charge in [-0.1, -0.05) is 0 Å². The number of nitrogens with zero attached hydrogens (tertiary/aromatic N) is 1. The number of likely N-dealkylation sites (tertiary alicyclic amines) is 1. The van der Waals surface area contributed by atoms with Crippen molar-refractivity contribution in [2.75, 3.05) is 0 Å². The Balaban J connectivity index is 2.59. The Morgan fingerprint density at radius 1 is 1.33 bits per heavy atom. The molecule has 1 aliphatic rings. The minimum Gasteiger partial charge on any atom is -0.279 e. The Bertz CT molecular complexity index is 148. The molecule has 0 atom stereocenters. The van der Waals surface area contributed by atoms with Gasteiger partial charge in [0.1, 0.15) is 6.42 Å². The fourth-order valence-corrected chi connectivity index (χ4v) is 0.924. The zero-order valence-electron chi connectivity index (χ0n) is 5.55. The summed E-state index contributed by atoms with van der Waals surface area (Å²) in [7, 11) is 0. The summed E-state index contributed by atoms with van der Waals surface area (Å²) in [5, 5.41) is 0. The van der Waals surface area contributed by atoms with E-state index in [1.54, 1.807) is 0 Å². The van der Waals surface area contributed by atoms with E-state index in [0.717, 1.165) is 0 Å². The molecule has 0 unspecified atom stereocenters. The molecule has 0 radical (unpaired) electrons. The Hall–Kier alpha value is -0.860. The first-order valence-corrected chi connectivity index (χ1v) is 2.98. The Morgan fingerprint density at radius 3 is 1.89 bits per heavy atom. The van der Waals surface area contributed by atoms with Crippen LogP contribution in [0, 0.1) is 0 Å². The van der Waals surface area contributed by atoms with Crippen molar-refractivity contribution in [2.24, 2.45) is 0 Å². The van der Waals surface area contributed by atoms with Crippen molar-refractivity contribution >= 4 is 11.8 Å². The van der Waals surface area contributed by atoms with Gasteiger partial charge < -0.3 is 0 Å².